The van der Waals surface area contributed by atoms with Gasteiger partial charge in [-0.05, 0) is 43.2 Å². The van der Waals surface area contributed by atoms with Gasteiger partial charge in [0.05, 0.1) is 11.3 Å². The van der Waals surface area contributed by atoms with E-state index >= 15 is 0 Å². The van der Waals surface area contributed by atoms with Gasteiger partial charge in [0, 0.05) is 25.5 Å². The molecule has 3 N–H and O–H groups in total. The van der Waals surface area contributed by atoms with Crippen LogP contribution in [0.25, 0.3) is 0 Å². The molecular formula is C18H20N4O3. The number of hydrogen-bond acceptors (Lipinski definition) is 4. The number of carbonyl (C=O) groups excluding carboxylic acids is 3. The normalized spacial score (nSPS) is 10.1. The summed E-state index contributed by atoms with van der Waals surface area (Å²) in [6.45, 7) is 2.61. The number of pyridine rings is 1. The summed E-state index contributed by atoms with van der Waals surface area (Å²) in [5, 5.41) is 2.46. The molecule has 0 bridgehead atoms. The highest BCUT2D eigenvalue weighted by Crippen LogP contribution is 2.14. The third kappa shape index (κ3) is 4.87. The first-order valence-electron chi connectivity index (χ1n) is 7.91. The van der Waals surface area contributed by atoms with E-state index in [2.05, 4.69) is 10.3 Å². The van der Waals surface area contributed by atoms with Gasteiger partial charge < -0.3 is 16.0 Å². The van der Waals surface area contributed by atoms with Crippen LogP contribution < -0.4 is 11.1 Å². The van der Waals surface area contributed by atoms with Gasteiger partial charge in [-0.2, -0.15) is 0 Å². The van der Waals surface area contributed by atoms with Crippen LogP contribution in [0.3, 0.4) is 0 Å². The number of likely N-dealkylation sites (N-methyl/N-ethyl adjacent to an activating group) is 1. The lowest BCUT2D eigenvalue weighted by atomic mass is 10.1. The van der Waals surface area contributed by atoms with Gasteiger partial charge in [0.1, 0.15) is 0 Å². The fourth-order valence-corrected chi connectivity index (χ4v) is 2.34. The molecule has 0 fully saturated rings. The van der Waals surface area contributed by atoms with E-state index < -0.39 is 17.7 Å². The summed E-state index contributed by atoms with van der Waals surface area (Å²) in [5.74, 6) is -2.13. The number of benzene rings is 1. The number of nitrogens with zero attached hydrogens (tertiary/aromatic N) is 2. The van der Waals surface area contributed by atoms with Gasteiger partial charge in [0.25, 0.3) is 5.91 Å². The molecule has 1 aromatic heterocycles. The summed E-state index contributed by atoms with van der Waals surface area (Å²) in [7, 11) is 0. The number of nitrogens with one attached hydrogen (secondary N) is 1. The molecule has 1 aromatic carbocycles. The van der Waals surface area contributed by atoms with Crippen molar-refractivity contribution in [3.63, 3.8) is 0 Å². The Balaban J connectivity index is 2.02. The predicted octanol–water partition coefficient (Wildman–Crippen LogP) is 1.21. The quantitative estimate of drug-likeness (QED) is 0.771. The maximum Gasteiger partial charge on any atom is 0.313 e. The SMILES string of the molecule is CCN(CCc1ccncc1)C(=O)C(=O)Nc1ccccc1C(N)=O. The molecule has 7 nitrogen and oxygen atoms in total. The topological polar surface area (TPSA) is 105 Å². The molecule has 2 aromatic rings. The van der Waals surface area contributed by atoms with Crippen molar-refractivity contribution in [2.24, 2.45) is 5.73 Å². The van der Waals surface area contributed by atoms with Gasteiger partial charge in [-0.3, -0.25) is 19.4 Å². The van der Waals surface area contributed by atoms with E-state index in [-0.39, 0.29) is 11.3 Å². The summed E-state index contributed by atoms with van der Waals surface area (Å²) in [5.41, 5.74) is 6.68. The van der Waals surface area contributed by atoms with Gasteiger partial charge >= 0.3 is 11.8 Å². The van der Waals surface area contributed by atoms with E-state index in [4.69, 9.17) is 5.73 Å². The highest BCUT2D eigenvalue weighted by molar-refractivity contribution is 6.39. The molecule has 0 saturated heterocycles. The Labute approximate surface area is 145 Å². The number of carbonyl (C=O) groups is 3. The predicted molar refractivity (Wildman–Crippen MR) is 93.8 cm³/mol. The number of rotatable bonds is 6. The first-order chi connectivity index (χ1) is 12.0. The molecule has 3 amide bonds. The van der Waals surface area contributed by atoms with Crippen LogP contribution in [0.5, 0.6) is 0 Å². The summed E-state index contributed by atoms with van der Waals surface area (Å²) >= 11 is 0. The minimum absolute atomic E-state index is 0.156. The second kappa shape index (κ2) is 8.58. The molecule has 0 spiro atoms. The number of amides is 3. The number of nitrogens with two attached hydrogens (primary N) is 1. The van der Waals surface area contributed by atoms with Crippen LogP contribution in [0.2, 0.25) is 0 Å². The van der Waals surface area contributed by atoms with E-state index in [1.54, 1.807) is 31.5 Å². The highest BCUT2D eigenvalue weighted by atomic mass is 16.2. The van der Waals surface area contributed by atoms with Gasteiger partial charge in [-0.1, -0.05) is 12.1 Å². The zero-order valence-corrected chi connectivity index (χ0v) is 13.9. The zero-order valence-electron chi connectivity index (χ0n) is 13.9. The largest absolute Gasteiger partial charge is 0.366 e. The van der Waals surface area contributed by atoms with E-state index in [0.717, 1.165) is 5.56 Å². The first-order valence-corrected chi connectivity index (χ1v) is 7.91. The molecule has 0 radical (unpaired) electrons. The van der Waals surface area contributed by atoms with E-state index in [9.17, 15) is 14.4 Å². The van der Waals surface area contributed by atoms with Crippen LogP contribution in [0.15, 0.2) is 48.8 Å². The lowest BCUT2D eigenvalue weighted by molar-refractivity contribution is -0.143. The van der Waals surface area contributed by atoms with E-state index in [0.29, 0.717) is 19.5 Å². The minimum atomic E-state index is -0.801. The molecular weight excluding hydrogens is 320 g/mol. The summed E-state index contributed by atoms with van der Waals surface area (Å²) in [6.07, 6.45) is 3.98. The van der Waals surface area contributed by atoms with Crippen molar-refractivity contribution >= 4 is 23.4 Å². The molecule has 1 heterocycles. The molecule has 2 rings (SSSR count). The van der Waals surface area contributed by atoms with Crippen molar-refractivity contribution in [3.8, 4) is 0 Å². The number of primary amides is 1. The summed E-state index contributed by atoms with van der Waals surface area (Å²) < 4.78 is 0. The number of aromatic nitrogens is 1. The van der Waals surface area contributed by atoms with Gasteiger partial charge in [-0.15, -0.1) is 0 Å². The third-order valence-electron chi connectivity index (χ3n) is 3.72. The van der Waals surface area contributed by atoms with Crippen molar-refractivity contribution in [2.45, 2.75) is 13.3 Å². The molecule has 7 heteroatoms. The monoisotopic (exact) mass is 340 g/mol. The lowest BCUT2D eigenvalue weighted by Gasteiger charge is -2.20. The maximum absolute atomic E-state index is 12.4. The summed E-state index contributed by atoms with van der Waals surface area (Å²) in [6, 6.07) is 10.0. The van der Waals surface area contributed by atoms with Crippen LogP contribution in [-0.2, 0) is 16.0 Å². The minimum Gasteiger partial charge on any atom is -0.366 e. The number of hydrogen-bond donors (Lipinski definition) is 2. The number of para-hydroxylation sites is 1. The van der Waals surface area contributed by atoms with Crippen molar-refractivity contribution in [1.82, 2.24) is 9.88 Å². The summed E-state index contributed by atoms with van der Waals surface area (Å²) in [4.78, 5) is 41.4. The Morgan fingerprint density at radius 2 is 1.80 bits per heavy atom. The molecule has 0 atom stereocenters. The fourth-order valence-electron chi connectivity index (χ4n) is 2.34. The lowest BCUT2D eigenvalue weighted by Crippen LogP contribution is -2.41. The van der Waals surface area contributed by atoms with Crippen LogP contribution in [-0.4, -0.2) is 40.7 Å². The Kier molecular flexibility index (Phi) is 6.22. The molecule has 130 valence electrons. The van der Waals surface area contributed by atoms with E-state index in [1.807, 2.05) is 12.1 Å². The van der Waals surface area contributed by atoms with Gasteiger partial charge in [0.2, 0.25) is 0 Å². The van der Waals surface area contributed by atoms with Crippen molar-refractivity contribution < 1.29 is 14.4 Å². The Morgan fingerprint density at radius 1 is 1.12 bits per heavy atom. The standard InChI is InChI=1S/C18H20N4O3/c1-2-22(12-9-13-7-10-20-11-8-13)18(25)17(24)21-15-6-4-3-5-14(15)16(19)23/h3-8,10-11H,2,9,12H2,1H3,(H2,19,23)(H,21,24). The second-order valence-corrected chi connectivity index (χ2v) is 5.35. The average Bonchev–Trinajstić information content (AvgIpc) is 2.63. The Morgan fingerprint density at radius 3 is 2.44 bits per heavy atom. The molecule has 25 heavy (non-hydrogen) atoms. The van der Waals surface area contributed by atoms with Crippen molar-refractivity contribution in [2.75, 3.05) is 18.4 Å². The van der Waals surface area contributed by atoms with Crippen molar-refractivity contribution in [1.29, 1.82) is 0 Å². The van der Waals surface area contributed by atoms with Crippen LogP contribution >= 0.6 is 0 Å². The molecule has 0 unspecified atom stereocenters. The third-order valence-corrected chi connectivity index (χ3v) is 3.72. The highest BCUT2D eigenvalue weighted by Gasteiger charge is 2.22. The Bertz CT molecular complexity index is 762. The first kappa shape index (κ1) is 18.1. The average molecular weight is 340 g/mol. The molecule has 0 aliphatic rings. The number of anilines is 1. The van der Waals surface area contributed by atoms with Crippen molar-refractivity contribution in [3.05, 3.63) is 59.9 Å². The van der Waals surface area contributed by atoms with Crippen LogP contribution in [0.1, 0.15) is 22.8 Å². The van der Waals surface area contributed by atoms with E-state index in [1.165, 1.54) is 17.0 Å². The molecule has 0 aliphatic carbocycles. The van der Waals surface area contributed by atoms with Gasteiger partial charge in [-0.25, -0.2) is 0 Å². The fraction of sp³-hybridized carbons (Fsp3) is 0.222. The smallest absolute Gasteiger partial charge is 0.313 e. The molecule has 0 aliphatic heterocycles. The van der Waals surface area contributed by atoms with Crippen LogP contribution in [0.4, 0.5) is 5.69 Å². The van der Waals surface area contributed by atoms with Gasteiger partial charge in [0.15, 0.2) is 0 Å². The molecule has 0 saturated carbocycles. The zero-order chi connectivity index (χ0) is 18.2. The van der Waals surface area contributed by atoms with Crippen LogP contribution in [0, 0.1) is 0 Å². The Hall–Kier alpha value is -3.22. The second-order valence-electron chi connectivity index (χ2n) is 5.35. The maximum atomic E-state index is 12.4.